The van der Waals surface area contributed by atoms with Gasteiger partial charge in [-0.25, -0.2) is 12.8 Å². The van der Waals surface area contributed by atoms with Gasteiger partial charge in [-0.1, -0.05) is 30.3 Å². The number of nitrogens with zero attached hydrogens (tertiary/aromatic N) is 1. The molecule has 8 heteroatoms. The topological polar surface area (TPSA) is 75.7 Å². The van der Waals surface area contributed by atoms with Crippen molar-refractivity contribution in [2.75, 3.05) is 22.5 Å². The largest absolute Gasteiger partial charge is 0.492 e. The lowest BCUT2D eigenvalue weighted by Crippen LogP contribution is -2.29. The number of ether oxygens (including phenoxy) is 1. The van der Waals surface area contributed by atoms with Crippen molar-refractivity contribution in [3.8, 4) is 5.75 Å². The molecule has 0 saturated carbocycles. The molecule has 1 N–H and O–H groups in total. The second-order valence-electron chi connectivity index (χ2n) is 6.83. The first-order valence-electron chi connectivity index (χ1n) is 9.63. The van der Waals surface area contributed by atoms with E-state index in [4.69, 9.17) is 4.74 Å². The van der Waals surface area contributed by atoms with Crippen LogP contribution in [0, 0.1) is 5.82 Å². The molecule has 3 aromatic carbocycles. The minimum atomic E-state index is -3.59. The van der Waals surface area contributed by atoms with Crippen molar-refractivity contribution < 1.29 is 22.3 Å². The predicted octanol–water partition coefficient (Wildman–Crippen LogP) is 4.44. The van der Waals surface area contributed by atoms with Gasteiger partial charge in [-0.3, -0.25) is 9.10 Å². The Kier molecular flexibility index (Phi) is 6.91. The number of hydrogen-bond donors (Lipinski definition) is 1. The molecule has 0 aromatic heterocycles. The summed E-state index contributed by atoms with van der Waals surface area (Å²) in [6, 6.07) is 19.1. The Morgan fingerprint density at radius 2 is 1.74 bits per heavy atom. The van der Waals surface area contributed by atoms with E-state index in [0.29, 0.717) is 34.9 Å². The van der Waals surface area contributed by atoms with E-state index in [1.54, 1.807) is 54.6 Å². The highest BCUT2D eigenvalue weighted by Gasteiger charge is 2.21. The van der Waals surface area contributed by atoms with Gasteiger partial charge in [0.05, 0.1) is 25.1 Å². The van der Waals surface area contributed by atoms with Crippen molar-refractivity contribution in [2.24, 2.45) is 0 Å². The Hall–Kier alpha value is -3.39. The van der Waals surface area contributed by atoms with Gasteiger partial charge in [0.2, 0.25) is 10.0 Å². The van der Waals surface area contributed by atoms with Crippen LogP contribution in [0.25, 0.3) is 0 Å². The van der Waals surface area contributed by atoms with E-state index >= 15 is 0 Å². The number of sulfonamides is 1. The Morgan fingerprint density at radius 1 is 1.03 bits per heavy atom. The third-order valence-electron chi connectivity index (χ3n) is 4.46. The first-order valence-corrected chi connectivity index (χ1v) is 11.5. The van der Waals surface area contributed by atoms with Crippen LogP contribution in [0.4, 0.5) is 15.8 Å². The molecule has 0 heterocycles. The van der Waals surface area contributed by atoms with Gasteiger partial charge in [-0.05, 0) is 55.0 Å². The minimum Gasteiger partial charge on any atom is -0.492 e. The quantitative estimate of drug-likeness (QED) is 0.560. The number of carbonyl (C=O) groups excluding carboxylic acids is 1. The summed E-state index contributed by atoms with van der Waals surface area (Å²) in [7, 11) is -3.59. The van der Waals surface area contributed by atoms with Crippen LogP contribution in [0.3, 0.4) is 0 Å². The Labute approximate surface area is 181 Å². The molecular formula is C23H23FN2O4S. The van der Waals surface area contributed by atoms with Gasteiger partial charge < -0.3 is 10.1 Å². The number of nitrogens with one attached hydrogen (secondary N) is 1. The fraction of sp³-hybridized carbons (Fsp3) is 0.174. The number of para-hydroxylation sites is 2. The zero-order valence-corrected chi connectivity index (χ0v) is 18.0. The molecule has 162 valence electrons. The maximum Gasteiger partial charge on any atom is 0.255 e. The summed E-state index contributed by atoms with van der Waals surface area (Å²) in [5.74, 6) is -0.360. The van der Waals surface area contributed by atoms with Crippen LogP contribution < -0.4 is 14.4 Å². The van der Waals surface area contributed by atoms with Gasteiger partial charge in [0.25, 0.3) is 5.91 Å². The molecule has 31 heavy (non-hydrogen) atoms. The maximum absolute atomic E-state index is 13.3. The molecule has 3 rings (SSSR count). The highest BCUT2D eigenvalue weighted by molar-refractivity contribution is 7.92. The second kappa shape index (κ2) is 9.61. The normalized spacial score (nSPS) is 11.1. The lowest BCUT2D eigenvalue weighted by molar-refractivity contribution is 0.102. The van der Waals surface area contributed by atoms with Crippen LogP contribution in [0.1, 0.15) is 22.8 Å². The van der Waals surface area contributed by atoms with Crippen LogP contribution in [0.2, 0.25) is 0 Å². The fourth-order valence-corrected chi connectivity index (χ4v) is 3.91. The van der Waals surface area contributed by atoms with E-state index in [9.17, 15) is 17.6 Å². The third-order valence-corrected chi connectivity index (χ3v) is 5.59. The monoisotopic (exact) mass is 442 g/mol. The van der Waals surface area contributed by atoms with E-state index in [2.05, 4.69) is 5.32 Å². The molecule has 0 aliphatic rings. The molecule has 0 aliphatic carbocycles. The summed E-state index contributed by atoms with van der Waals surface area (Å²) in [4.78, 5) is 12.4. The number of carbonyl (C=O) groups is 1. The summed E-state index contributed by atoms with van der Waals surface area (Å²) in [6.07, 6.45) is 1.14. The van der Waals surface area contributed by atoms with Crippen LogP contribution in [0.15, 0.2) is 72.8 Å². The molecule has 0 unspecified atom stereocenters. The molecule has 0 aliphatic heterocycles. The van der Waals surface area contributed by atoms with Crippen molar-refractivity contribution in [3.05, 3.63) is 89.7 Å². The van der Waals surface area contributed by atoms with Gasteiger partial charge in [-0.2, -0.15) is 0 Å². The lowest BCUT2D eigenvalue weighted by atomic mass is 10.1. The van der Waals surface area contributed by atoms with Crippen molar-refractivity contribution >= 4 is 27.3 Å². The Balaban J connectivity index is 1.80. The molecule has 0 bridgehead atoms. The molecule has 6 nitrogen and oxygen atoms in total. The molecule has 3 aromatic rings. The molecule has 0 fully saturated rings. The Bertz CT molecular complexity index is 1160. The summed E-state index contributed by atoms with van der Waals surface area (Å²) in [5, 5.41) is 2.63. The van der Waals surface area contributed by atoms with E-state index in [0.717, 1.165) is 6.26 Å². The Morgan fingerprint density at radius 3 is 2.39 bits per heavy atom. The third kappa shape index (κ3) is 5.82. The molecule has 0 atom stereocenters. The highest BCUT2D eigenvalue weighted by atomic mass is 32.2. The SMILES string of the molecule is CCOc1ccccc1N(Cc1ccc(C(=O)Nc2cccc(F)c2)cc1)S(C)(=O)=O. The molecule has 1 amide bonds. The van der Waals surface area contributed by atoms with Crippen molar-refractivity contribution in [1.29, 1.82) is 0 Å². The fourth-order valence-electron chi connectivity index (χ4n) is 3.02. The molecule has 0 saturated heterocycles. The van der Waals surface area contributed by atoms with Crippen LogP contribution in [0.5, 0.6) is 5.75 Å². The van der Waals surface area contributed by atoms with Gasteiger partial charge in [0, 0.05) is 11.3 Å². The van der Waals surface area contributed by atoms with Crippen molar-refractivity contribution in [1.82, 2.24) is 0 Å². The summed E-state index contributed by atoms with van der Waals surface area (Å²) < 4.78 is 45.1. The van der Waals surface area contributed by atoms with E-state index < -0.39 is 15.8 Å². The van der Waals surface area contributed by atoms with Gasteiger partial charge in [0.1, 0.15) is 11.6 Å². The smallest absolute Gasteiger partial charge is 0.255 e. The first kappa shape index (κ1) is 22.3. The van der Waals surface area contributed by atoms with E-state index in [1.807, 2.05) is 6.92 Å². The molecule has 0 spiro atoms. The number of anilines is 2. The van der Waals surface area contributed by atoms with Crippen LogP contribution in [-0.2, 0) is 16.6 Å². The van der Waals surface area contributed by atoms with E-state index in [-0.39, 0.29) is 12.5 Å². The number of hydrogen-bond acceptors (Lipinski definition) is 4. The number of benzene rings is 3. The summed E-state index contributed by atoms with van der Waals surface area (Å²) in [6.45, 7) is 2.31. The average Bonchev–Trinajstić information content (AvgIpc) is 2.72. The molecule has 0 radical (unpaired) electrons. The van der Waals surface area contributed by atoms with Gasteiger partial charge in [-0.15, -0.1) is 0 Å². The second-order valence-corrected chi connectivity index (χ2v) is 8.74. The van der Waals surface area contributed by atoms with Crippen molar-refractivity contribution in [2.45, 2.75) is 13.5 Å². The number of halogens is 1. The number of rotatable bonds is 8. The first-order chi connectivity index (χ1) is 14.8. The zero-order valence-electron chi connectivity index (χ0n) is 17.2. The van der Waals surface area contributed by atoms with E-state index in [1.165, 1.54) is 22.5 Å². The molecular weight excluding hydrogens is 419 g/mol. The summed E-state index contributed by atoms with van der Waals surface area (Å²) in [5.41, 5.74) is 1.86. The highest BCUT2D eigenvalue weighted by Crippen LogP contribution is 2.31. The average molecular weight is 443 g/mol. The maximum atomic E-state index is 13.3. The lowest BCUT2D eigenvalue weighted by Gasteiger charge is -2.24. The van der Waals surface area contributed by atoms with Gasteiger partial charge in [0.15, 0.2) is 0 Å². The van der Waals surface area contributed by atoms with Crippen molar-refractivity contribution in [3.63, 3.8) is 0 Å². The number of amides is 1. The minimum absolute atomic E-state index is 0.0781. The predicted molar refractivity (Wildman–Crippen MR) is 119 cm³/mol. The van der Waals surface area contributed by atoms with Crippen LogP contribution in [-0.4, -0.2) is 27.2 Å². The zero-order chi connectivity index (χ0) is 22.4. The van der Waals surface area contributed by atoms with Crippen LogP contribution >= 0.6 is 0 Å². The standard InChI is InChI=1S/C23H23FN2O4S/c1-3-30-22-10-5-4-9-21(22)26(31(2,28)29)16-17-11-13-18(14-12-17)23(27)25-20-8-6-7-19(24)15-20/h4-15H,3,16H2,1-2H3,(H,25,27). The van der Waals surface area contributed by atoms with Gasteiger partial charge >= 0.3 is 0 Å². The summed E-state index contributed by atoms with van der Waals surface area (Å²) >= 11 is 0.